The van der Waals surface area contributed by atoms with Gasteiger partial charge in [0, 0.05) is 50.9 Å². The third-order valence-electron chi connectivity index (χ3n) is 5.77. The Morgan fingerprint density at radius 1 is 1.00 bits per heavy atom. The number of para-hydroxylation sites is 1. The molecule has 0 radical (unpaired) electrons. The van der Waals surface area contributed by atoms with Crippen LogP contribution in [0.25, 0.3) is 0 Å². The number of nitrogens with one attached hydrogen (secondary N) is 1. The van der Waals surface area contributed by atoms with E-state index in [4.69, 9.17) is 5.73 Å². The second kappa shape index (κ2) is 12.4. The van der Waals surface area contributed by atoms with Gasteiger partial charge in [-0.05, 0) is 50.3 Å². The number of hydrogen-bond acceptors (Lipinski definition) is 4. The minimum absolute atomic E-state index is 0. The van der Waals surface area contributed by atoms with E-state index < -0.39 is 0 Å². The van der Waals surface area contributed by atoms with E-state index in [1.165, 1.54) is 5.69 Å². The summed E-state index contributed by atoms with van der Waals surface area (Å²) in [6.45, 7) is 6.72. The van der Waals surface area contributed by atoms with E-state index in [2.05, 4.69) is 45.4 Å². The molecule has 0 unspecified atom stereocenters. The van der Waals surface area contributed by atoms with Gasteiger partial charge in [-0.3, -0.25) is 9.69 Å². The summed E-state index contributed by atoms with van der Waals surface area (Å²) >= 11 is 0. The maximum Gasteiger partial charge on any atom is 0.223 e. The molecule has 0 spiro atoms. The van der Waals surface area contributed by atoms with Crippen molar-refractivity contribution in [1.82, 2.24) is 10.2 Å². The Labute approximate surface area is 175 Å². The minimum atomic E-state index is 0. The number of anilines is 1. The van der Waals surface area contributed by atoms with Crippen molar-refractivity contribution in [2.75, 3.05) is 50.7 Å². The van der Waals surface area contributed by atoms with Crippen LogP contribution in [-0.2, 0) is 4.79 Å². The molecule has 1 aliphatic heterocycles. The Balaban J connectivity index is 0.00000182. The molecule has 5 nitrogen and oxygen atoms in total. The van der Waals surface area contributed by atoms with E-state index in [1.54, 1.807) is 0 Å². The first-order chi connectivity index (χ1) is 12.3. The molecule has 0 bridgehead atoms. The summed E-state index contributed by atoms with van der Waals surface area (Å²) in [5.41, 5.74) is 7.03. The van der Waals surface area contributed by atoms with Crippen LogP contribution in [0.4, 0.5) is 5.69 Å². The molecular weight excluding hydrogens is 383 g/mol. The number of halogens is 2. The third kappa shape index (κ3) is 7.15. The normalized spacial score (nSPS) is 23.1. The van der Waals surface area contributed by atoms with Crippen molar-refractivity contribution in [3.05, 3.63) is 30.3 Å². The van der Waals surface area contributed by atoms with Gasteiger partial charge < -0.3 is 16.0 Å². The largest absolute Gasteiger partial charge is 0.369 e. The monoisotopic (exact) mass is 416 g/mol. The molecule has 0 aromatic heterocycles. The Kier molecular flexibility index (Phi) is 11.1. The minimum Gasteiger partial charge on any atom is -0.369 e. The Morgan fingerprint density at radius 3 is 2.22 bits per heavy atom. The molecule has 2 aliphatic rings. The van der Waals surface area contributed by atoms with Crippen molar-refractivity contribution in [1.29, 1.82) is 0 Å². The first kappa shape index (κ1) is 24.0. The quantitative estimate of drug-likeness (QED) is 0.747. The molecule has 27 heavy (non-hydrogen) atoms. The van der Waals surface area contributed by atoms with Crippen LogP contribution in [0.3, 0.4) is 0 Å². The van der Waals surface area contributed by atoms with Gasteiger partial charge in [0.1, 0.15) is 0 Å². The van der Waals surface area contributed by atoms with E-state index in [0.717, 1.165) is 71.5 Å². The van der Waals surface area contributed by atoms with Crippen molar-refractivity contribution in [3.8, 4) is 0 Å². The number of rotatable bonds is 6. The van der Waals surface area contributed by atoms with Gasteiger partial charge in [0.15, 0.2) is 0 Å². The number of amides is 1. The summed E-state index contributed by atoms with van der Waals surface area (Å²) in [7, 11) is 0. The number of hydrogen-bond donors (Lipinski definition) is 2. The van der Waals surface area contributed by atoms with Gasteiger partial charge in [0.25, 0.3) is 0 Å². The average molecular weight is 417 g/mol. The molecule has 1 aromatic carbocycles. The van der Waals surface area contributed by atoms with E-state index in [9.17, 15) is 4.79 Å². The van der Waals surface area contributed by atoms with Crippen LogP contribution in [0.2, 0.25) is 0 Å². The highest BCUT2D eigenvalue weighted by atomic mass is 35.5. The van der Waals surface area contributed by atoms with Gasteiger partial charge >= 0.3 is 0 Å². The Hall–Kier alpha value is -1.01. The number of nitrogens with zero attached hydrogens (tertiary/aromatic N) is 2. The second-order valence-electron chi connectivity index (χ2n) is 7.41. The maximum atomic E-state index is 12.3. The first-order valence-electron chi connectivity index (χ1n) is 9.76. The molecule has 0 atom stereocenters. The van der Waals surface area contributed by atoms with Crippen molar-refractivity contribution in [2.24, 2.45) is 17.6 Å². The van der Waals surface area contributed by atoms with Gasteiger partial charge in [-0.15, -0.1) is 24.8 Å². The number of carbonyl (C=O) groups is 1. The molecule has 1 saturated heterocycles. The lowest BCUT2D eigenvalue weighted by Gasteiger charge is -2.36. The molecule has 2 fully saturated rings. The van der Waals surface area contributed by atoms with Crippen molar-refractivity contribution in [2.45, 2.75) is 25.7 Å². The van der Waals surface area contributed by atoms with E-state index in [0.29, 0.717) is 5.92 Å². The smallest absolute Gasteiger partial charge is 0.223 e. The van der Waals surface area contributed by atoms with Gasteiger partial charge in [0.05, 0.1) is 0 Å². The summed E-state index contributed by atoms with van der Waals surface area (Å²) < 4.78 is 0. The van der Waals surface area contributed by atoms with E-state index >= 15 is 0 Å². The van der Waals surface area contributed by atoms with Crippen LogP contribution in [0.15, 0.2) is 30.3 Å². The van der Waals surface area contributed by atoms with Crippen LogP contribution in [-0.4, -0.2) is 56.6 Å². The predicted molar refractivity (Wildman–Crippen MR) is 117 cm³/mol. The van der Waals surface area contributed by atoms with Crippen LogP contribution in [0, 0.1) is 11.8 Å². The molecule has 3 N–H and O–H groups in total. The molecule has 7 heteroatoms. The van der Waals surface area contributed by atoms with E-state index in [1.807, 2.05) is 0 Å². The van der Waals surface area contributed by atoms with Crippen molar-refractivity contribution >= 4 is 36.4 Å². The van der Waals surface area contributed by atoms with Gasteiger partial charge in [-0.1, -0.05) is 18.2 Å². The molecule has 3 rings (SSSR count). The summed E-state index contributed by atoms with van der Waals surface area (Å²) in [5, 5.41) is 3.15. The zero-order valence-corrected chi connectivity index (χ0v) is 17.6. The molecule has 1 amide bonds. The number of nitrogens with two attached hydrogens (primary N) is 1. The van der Waals surface area contributed by atoms with Gasteiger partial charge in [-0.25, -0.2) is 0 Å². The Morgan fingerprint density at radius 2 is 1.63 bits per heavy atom. The average Bonchev–Trinajstić information content (AvgIpc) is 2.69. The fourth-order valence-corrected chi connectivity index (χ4v) is 4.01. The zero-order valence-electron chi connectivity index (χ0n) is 16.0. The lowest BCUT2D eigenvalue weighted by molar-refractivity contribution is -0.126. The van der Waals surface area contributed by atoms with Crippen LogP contribution in [0.1, 0.15) is 25.7 Å². The summed E-state index contributed by atoms with van der Waals surface area (Å²) in [6, 6.07) is 10.6. The summed E-state index contributed by atoms with van der Waals surface area (Å²) in [4.78, 5) is 17.2. The van der Waals surface area contributed by atoms with Gasteiger partial charge in [-0.2, -0.15) is 0 Å². The SMILES string of the molecule is Cl.Cl.NCC1CCC(C(=O)NCCN2CCN(c3ccccc3)CC2)CC1. The summed E-state index contributed by atoms with van der Waals surface area (Å²) in [5.74, 6) is 1.08. The highest BCUT2D eigenvalue weighted by Gasteiger charge is 2.25. The van der Waals surface area contributed by atoms with Crippen molar-refractivity contribution in [3.63, 3.8) is 0 Å². The highest BCUT2D eigenvalue weighted by molar-refractivity contribution is 5.85. The molecule has 1 saturated carbocycles. The highest BCUT2D eigenvalue weighted by Crippen LogP contribution is 2.28. The Bertz CT molecular complexity index is 530. The molecule has 1 aliphatic carbocycles. The second-order valence-corrected chi connectivity index (χ2v) is 7.41. The predicted octanol–water partition coefficient (Wildman–Crippen LogP) is 2.53. The first-order valence-corrected chi connectivity index (χ1v) is 9.76. The third-order valence-corrected chi connectivity index (χ3v) is 5.77. The fourth-order valence-electron chi connectivity index (χ4n) is 4.01. The van der Waals surface area contributed by atoms with E-state index in [-0.39, 0.29) is 36.6 Å². The van der Waals surface area contributed by atoms with Crippen molar-refractivity contribution < 1.29 is 4.79 Å². The molecular formula is C20H34Cl2N4O. The van der Waals surface area contributed by atoms with Crippen LogP contribution >= 0.6 is 24.8 Å². The zero-order chi connectivity index (χ0) is 17.5. The number of carbonyl (C=O) groups excluding carboxylic acids is 1. The standard InChI is InChI=1S/C20H32N4O.2ClH/c21-16-17-6-8-18(9-7-17)20(25)22-10-11-23-12-14-24(15-13-23)19-4-2-1-3-5-19;;/h1-5,17-18H,6-16,21H2,(H,22,25);2*1H. The topological polar surface area (TPSA) is 61.6 Å². The lowest BCUT2D eigenvalue weighted by Crippen LogP contribution is -2.48. The number of piperazine rings is 1. The molecule has 154 valence electrons. The molecule has 1 aromatic rings. The number of benzene rings is 1. The van der Waals surface area contributed by atoms with Crippen LogP contribution in [0.5, 0.6) is 0 Å². The van der Waals surface area contributed by atoms with Gasteiger partial charge in [0.2, 0.25) is 5.91 Å². The fraction of sp³-hybridized carbons (Fsp3) is 0.650. The van der Waals surface area contributed by atoms with Crippen LogP contribution < -0.4 is 16.0 Å². The summed E-state index contributed by atoms with van der Waals surface area (Å²) in [6.07, 6.45) is 4.22. The molecule has 1 heterocycles. The lowest BCUT2D eigenvalue weighted by atomic mass is 9.81. The maximum absolute atomic E-state index is 12.3.